The molecule has 20 heavy (non-hydrogen) atoms. The third-order valence-corrected chi connectivity index (χ3v) is 3.00. The van der Waals surface area contributed by atoms with Gasteiger partial charge in [-0.2, -0.15) is 4.98 Å². The Morgan fingerprint density at radius 1 is 1.55 bits per heavy atom. The van der Waals surface area contributed by atoms with Crippen molar-refractivity contribution >= 4 is 11.5 Å². The highest BCUT2D eigenvalue weighted by Gasteiger charge is 2.23. The minimum absolute atomic E-state index is 0.0659. The van der Waals surface area contributed by atoms with Crippen LogP contribution in [0.25, 0.3) is 0 Å². The lowest BCUT2D eigenvalue weighted by atomic mass is 10.2. The van der Waals surface area contributed by atoms with Crippen molar-refractivity contribution in [2.45, 2.75) is 32.3 Å². The Morgan fingerprint density at radius 2 is 2.40 bits per heavy atom. The number of ether oxygens (including phenoxy) is 2. The second kappa shape index (κ2) is 7.09. The summed E-state index contributed by atoms with van der Waals surface area (Å²) in [5.74, 6) is 1.64. The Morgan fingerprint density at radius 3 is 3.05 bits per heavy atom. The molecule has 0 amide bonds. The van der Waals surface area contributed by atoms with E-state index >= 15 is 0 Å². The van der Waals surface area contributed by atoms with E-state index in [1.807, 2.05) is 6.92 Å². The van der Waals surface area contributed by atoms with Gasteiger partial charge >= 0.3 is 0 Å². The molecule has 0 aromatic carbocycles. The third kappa shape index (κ3) is 3.39. The van der Waals surface area contributed by atoms with Gasteiger partial charge in [0.05, 0.1) is 6.61 Å². The highest BCUT2D eigenvalue weighted by atomic mass is 16.5. The number of rotatable bonds is 7. The Labute approximate surface area is 119 Å². The van der Waals surface area contributed by atoms with Gasteiger partial charge in [-0.25, -0.2) is 4.98 Å². The first-order valence-electron chi connectivity index (χ1n) is 7.02. The molecule has 6 heteroatoms. The third-order valence-electron chi connectivity index (χ3n) is 3.00. The zero-order valence-corrected chi connectivity index (χ0v) is 11.9. The number of hydrogen-bond acceptors (Lipinski definition) is 6. The number of nitrogen functional groups attached to an aromatic ring is 1. The van der Waals surface area contributed by atoms with Crippen molar-refractivity contribution < 1.29 is 9.47 Å². The molecule has 0 spiro atoms. The van der Waals surface area contributed by atoms with Crippen LogP contribution < -0.4 is 15.8 Å². The molecule has 1 unspecified atom stereocenters. The van der Waals surface area contributed by atoms with E-state index in [4.69, 9.17) is 15.2 Å². The van der Waals surface area contributed by atoms with Crippen molar-refractivity contribution in [3.63, 3.8) is 0 Å². The maximum absolute atomic E-state index is 6.04. The fourth-order valence-corrected chi connectivity index (χ4v) is 2.00. The normalized spacial score (nSPS) is 17.9. The summed E-state index contributed by atoms with van der Waals surface area (Å²) < 4.78 is 11.2. The molecule has 1 atom stereocenters. The molecule has 0 aliphatic carbocycles. The molecule has 6 nitrogen and oxygen atoms in total. The van der Waals surface area contributed by atoms with Gasteiger partial charge in [0.1, 0.15) is 11.8 Å². The molecule has 0 bridgehead atoms. The topological polar surface area (TPSA) is 82.3 Å². The van der Waals surface area contributed by atoms with Crippen LogP contribution in [0.15, 0.2) is 12.7 Å². The largest absolute Gasteiger partial charge is 0.476 e. The fraction of sp³-hybridized carbons (Fsp3) is 0.571. The van der Waals surface area contributed by atoms with Crippen LogP contribution in [0, 0.1) is 0 Å². The summed E-state index contributed by atoms with van der Waals surface area (Å²) in [4.78, 5) is 8.87. The average Bonchev–Trinajstić information content (AvgIpc) is 2.99. The predicted octanol–water partition coefficient (Wildman–Crippen LogP) is 2.30. The standard InChI is InChI=1S/C14H22N4O2/c1-3-7-16-13-11(15)14(20-8-4-2)18-12(17-13)10-6-5-9-19-10/h3,10H,1,4-9,15H2,2H3,(H,16,17,18). The van der Waals surface area contributed by atoms with Crippen LogP contribution in [-0.2, 0) is 4.74 Å². The van der Waals surface area contributed by atoms with Gasteiger partial charge < -0.3 is 20.5 Å². The second-order valence-corrected chi connectivity index (χ2v) is 4.67. The summed E-state index contributed by atoms with van der Waals surface area (Å²) in [6.45, 7) is 7.62. The Kier molecular flexibility index (Phi) is 5.17. The van der Waals surface area contributed by atoms with E-state index in [1.54, 1.807) is 6.08 Å². The Hall–Kier alpha value is -1.82. The highest BCUT2D eigenvalue weighted by molar-refractivity contribution is 5.67. The van der Waals surface area contributed by atoms with E-state index in [9.17, 15) is 0 Å². The first-order valence-corrected chi connectivity index (χ1v) is 7.02. The van der Waals surface area contributed by atoms with Crippen LogP contribution in [0.5, 0.6) is 5.88 Å². The maximum atomic E-state index is 6.04. The van der Waals surface area contributed by atoms with Crippen molar-refractivity contribution in [1.29, 1.82) is 0 Å². The summed E-state index contributed by atoms with van der Waals surface area (Å²) in [7, 11) is 0. The molecule has 1 aliphatic heterocycles. The van der Waals surface area contributed by atoms with Gasteiger partial charge in [-0.15, -0.1) is 6.58 Å². The van der Waals surface area contributed by atoms with E-state index in [0.29, 0.717) is 36.4 Å². The summed E-state index contributed by atoms with van der Waals surface area (Å²) in [6, 6.07) is 0. The molecule has 1 aromatic rings. The molecule has 2 rings (SSSR count). The lowest BCUT2D eigenvalue weighted by Crippen LogP contribution is -2.13. The molecule has 1 fully saturated rings. The lowest BCUT2D eigenvalue weighted by molar-refractivity contribution is 0.104. The molecular weight excluding hydrogens is 256 g/mol. The van der Waals surface area contributed by atoms with Crippen LogP contribution in [0.4, 0.5) is 11.5 Å². The Bertz CT molecular complexity index is 459. The van der Waals surface area contributed by atoms with Crippen molar-refractivity contribution in [3.05, 3.63) is 18.5 Å². The SMILES string of the molecule is C=CCNc1nc(C2CCCO2)nc(OCCC)c1N. The predicted molar refractivity (Wildman–Crippen MR) is 78.8 cm³/mol. The van der Waals surface area contributed by atoms with Crippen molar-refractivity contribution in [3.8, 4) is 5.88 Å². The van der Waals surface area contributed by atoms with Gasteiger partial charge in [-0.1, -0.05) is 13.0 Å². The minimum Gasteiger partial charge on any atom is -0.476 e. The van der Waals surface area contributed by atoms with Gasteiger partial charge in [-0.3, -0.25) is 0 Å². The molecule has 2 heterocycles. The zero-order valence-electron chi connectivity index (χ0n) is 11.9. The van der Waals surface area contributed by atoms with Gasteiger partial charge in [0.2, 0.25) is 5.88 Å². The molecular formula is C14H22N4O2. The number of nitrogens with two attached hydrogens (primary N) is 1. The summed E-state index contributed by atoms with van der Waals surface area (Å²) in [6.07, 6.45) is 4.54. The summed E-state index contributed by atoms with van der Waals surface area (Å²) >= 11 is 0. The smallest absolute Gasteiger partial charge is 0.242 e. The monoisotopic (exact) mass is 278 g/mol. The van der Waals surface area contributed by atoms with Crippen molar-refractivity contribution in [1.82, 2.24) is 9.97 Å². The zero-order chi connectivity index (χ0) is 14.4. The maximum Gasteiger partial charge on any atom is 0.242 e. The van der Waals surface area contributed by atoms with Crippen molar-refractivity contribution in [2.75, 3.05) is 30.8 Å². The van der Waals surface area contributed by atoms with Crippen LogP contribution in [0.1, 0.15) is 38.1 Å². The van der Waals surface area contributed by atoms with E-state index in [1.165, 1.54) is 0 Å². The van der Waals surface area contributed by atoms with Gasteiger partial charge in [0, 0.05) is 13.2 Å². The van der Waals surface area contributed by atoms with E-state index in [2.05, 4.69) is 21.9 Å². The first-order chi connectivity index (χ1) is 9.76. The molecule has 1 aliphatic rings. The van der Waals surface area contributed by atoms with Crippen LogP contribution in [0.3, 0.4) is 0 Å². The molecule has 0 radical (unpaired) electrons. The summed E-state index contributed by atoms with van der Waals surface area (Å²) in [5, 5.41) is 3.11. The number of nitrogens with zero attached hydrogens (tertiary/aromatic N) is 2. The van der Waals surface area contributed by atoms with E-state index < -0.39 is 0 Å². The van der Waals surface area contributed by atoms with Crippen LogP contribution in [0.2, 0.25) is 0 Å². The van der Waals surface area contributed by atoms with E-state index in [0.717, 1.165) is 25.9 Å². The number of nitrogens with one attached hydrogen (secondary N) is 1. The van der Waals surface area contributed by atoms with E-state index in [-0.39, 0.29) is 6.10 Å². The van der Waals surface area contributed by atoms with Crippen molar-refractivity contribution in [2.24, 2.45) is 0 Å². The first kappa shape index (κ1) is 14.6. The molecule has 1 saturated heterocycles. The lowest BCUT2D eigenvalue weighted by Gasteiger charge is -2.15. The molecule has 0 saturated carbocycles. The van der Waals surface area contributed by atoms with Gasteiger partial charge in [-0.05, 0) is 19.3 Å². The number of anilines is 2. The molecule has 1 aromatic heterocycles. The Balaban J connectivity index is 2.28. The molecule has 110 valence electrons. The average molecular weight is 278 g/mol. The highest BCUT2D eigenvalue weighted by Crippen LogP contribution is 2.32. The quantitative estimate of drug-likeness (QED) is 0.745. The minimum atomic E-state index is -0.0659. The summed E-state index contributed by atoms with van der Waals surface area (Å²) in [5.41, 5.74) is 6.48. The van der Waals surface area contributed by atoms with Gasteiger partial charge in [0.25, 0.3) is 0 Å². The number of aromatic nitrogens is 2. The van der Waals surface area contributed by atoms with Gasteiger partial charge in [0.15, 0.2) is 11.6 Å². The van der Waals surface area contributed by atoms with Crippen LogP contribution >= 0.6 is 0 Å². The number of hydrogen-bond donors (Lipinski definition) is 2. The fourth-order valence-electron chi connectivity index (χ4n) is 2.00. The second-order valence-electron chi connectivity index (χ2n) is 4.67. The van der Waals surface area contributed by atoms with Crippen LogP contribution in [-0.4, -0.2) is 29.7 Å². The molecule has 3 N–H and O–H groups in total.